The van der Waals surface area contributed by atoms with Gasteiger partial charge in [-0.3, -0.25) is 9.59 Å². The first-order chi connectivity index (χ1) is 7.29. The smallest absolute Gasteiger partial charge is 0.260 e. The number of amides is 1. The number of hydrogen-bond donors (Lipinski definition) is 1. The van der Waals surface area contributed by atoms with Crippen LogP contribution >= 0.6 is 11.8 Å². The maximum Gasteiger partial charge on any atom is 0.260 e. The highest BCUT2D eigenvalue weighted by Crippen LogP contribution is 2.11. The van der Waals surface area contributed by atoms with Gasteiger partial charge in [0.1, 0.15) is 5.56 Å². The van der Waals surface area contributed by atoms with Crippen LogP contribution in [-0.4, -0.2) is 40.4 Å². The zero-order valence-electron chi connectivity index (χ0n) is 8.23. The number of carbonyl (C=O) groups excluding carboxylic acids is 1. The van der Waals surface area contributed by atoms with Gasteiger partial charge < -0.3 is 9.88 Å². The first-order valence-corrected chi connectivity index (χ1v) is 5.99. The van der Waals surface area contributed by atoms with E-state index >= 15 is 0 Å². The van der Waals surface area contributed by atoms with Crippen molar-refractivity contribution in [1.82, 2.24) is 9.88 Å². The lowest BCUT2D eigenvalue weighted by Gasteiger charge is -2.26. The van der Waals surface area contributed by atoms with Crippen molar-refractivity contribution in [3.8, 4) is 0 Å². The van der Waals surface area contributed by atoms with E-state index in [4.69, 9.17) is 0 Å². The summed E-state index contributed by atoms with van der Waals surface area (Å²) in [5.41, 5.74) is -0.0647. The third-order valence-electron chi connectivity index (χ3n) is 2.35. The van der Waals surface area contributed by atoms with E-state index in [-0.39, 0.29) is 17.0 Å². The van der Waals surface area contributed by atoms with Crippen LogP contribution in [0.3, 0.4) is 0 Å². The quantitative estimate of drug-likeness (QED) is 0.758. The Hall–Kier alpha value is -1.23. The van der Waals surface area contributed by atoms with Crippen molar-refractivity contribution >= 4 is 17.7 Å². The Labute approximate surface area is 91.7 Å². The molecule has 80 valence electrons. The molecule has 1 aliphatic heterocycles. The number of nitrogens with one attached hydrogen (secondary N) is 1. The van der Waals surface area contributed by atoms with Gasteiger partial charge in [-0.25, -0.2) is 0 Å². The molecule has 5 heteroatoms. The van der Waals surface area contributed by atoms with Crippen LogP contribution in [0, 0.1) is 0 Å². The highest BCUT2D eigenvalue weighted by molar-refractivity contribution is 7.99. The summed E-state index contributed by atoms with van der Waals surface area (Å²) in [6, 6.07) is 3.25. The SMILES string of the molecule is O=C(c1ccc[nH]c1=O)N1CCSCC1. The third-order valence-corrected chi connectivity index (χ3v) is 3.29. The normalized spacial score (nSPS) is 16.4. The van der Waals surface area contributed by atoms with Crippen molar-refractivity contribution in [2.24, 2.45) is 0 Å². The second-order valence-electron chi connectivity index (χ2n) is 3.32. The molecule has 0 unspecified atom stereocenters. The van der Waals surface area contributed by atoms with Crippen molar-refractivity contribution < 1.29 is 4.79 Å². The number of H-pyrrole nitrogens is 1. The number of hydrogen-bond acceptors (Lipinski definition) is 3. The van der Waals surface area contributed by atoms with Crippen LogP contribution in [0.4, 0.5) is 0 Å². The van der Waals surface area contributed by atoms with Crippen molar-refractivity contribution in [3.63, 3.8) is 0 Å². The van der Waals surface area contributed by atoms with Crippen LogP contribution in [0.5, 0.6) is 0 Å². The number of nitrogens with zero attached hydrogens (tertiary/aromatic N) is 1. The van der Waals surface area contributed by atoms with Crippen LogP contribution in [-0.2, 0) is 0 Å². The van der Waals surface area contributed by atoms with E-state index < -0.39 is 0 Å². The molecule has 1 aromatic heterocycles. The number of aromatic amines is 1. The number of thioether (sulfide) groups is 1. The van der Waals surface area contributed by atoms with E-state index in [1.54, 1.807) is 17.0 Å². The fourth-order valence-electron chi connectivity index (χ4n) is 1.53. The average molecular weight is 224 g/mol. The van der Waals surface area contributed by atoms with E-state index in [2.05, 4.69) is 4.98 Å². The van der Waals surface area contributed by atoms with Gasteiger partial charge in [-0.05, 0) is 12.1 Å². The van der Waals surface area contributed by atoms with Gasteiger partial charge in [0.2, 0.25) is 0 Å². The summed E-state index contributed by atoms with van der Waals surface area (Å²) in [6.07, 6.45) is 1.53. The van der Waals surface area contributed by atoms with E-state index in [0.717, 1.165) is 24.6 Å². The molecule has 2 heterocycles. The molecule has 1 aromatic rings. The maximum atomic E-state index is 11.9. The van der Waals surface area contributed by atoms with Crippen LogP contribution in [0.1, 0.15) is 10.4 Å². The first kappa shape index (κ1) is 10.3. The van der Waals surface area contributed by atoms with Crippen LogP contribution in [0.25, 0.3) is 0 Å². The van der Waals surface area contributed by atoms with Crippen molar-refractivity contribution in [1.29, 1.82) is 0 Å². The number of aromatic nitrogens is 1. The van der Waals surface area contributed by atoms with Crippen LogP contribution in [0.15, 0.2) is 23.1 Å². The molecule has 0 aromatic carbocycles. The van der Waals surface area contributed by atoms with Gasteiger partial charge in [0, 0.05) is 30.8 Å². The first-order valence-electron chi connectivity index (χ1n) is 4.84. The highest BCUT2D eigenvalue weighted by atomic mass is 32.2. The van der Waals surface area contributed by atoms with Gasteiger partial charge in [0.25, 0.3) is 11.5 Å². The topological polar surface area (TPSA) is 53.2 Å². The molecule has 0 spiro atoms. The number of rotatable bonds is 1. The Morgan fingerprint density at radius 2 is 2.13 bits per heavy atom. The summed E-state index contributed by atoms with van der Waals surface area (Å²) in [4.78, 5) is 27.6. The van der Waals surface area contributed by atoms with Gasteiger partial charge >= 0.3 is 0 Å². The molecule has 1 amide bonds. The molecular formula is C10H12N2O2S. The molecule has 1 N–H and O–H groups in total. The van der Waals surface area contributed by atoms with Crippen molar-refractivity contribution in [3.05, 3.63) is 34.2 Å². The lowest BCUT2D eigenvalue weighted by atomic mass is 10.2. The van der Waals surface area contributed by atoms with E-state index in [1.807, 2.05) is 11.8 Å². The van der Waals surface area contributed by atoms with Crippen LogP contribution < -0.4 is 5.56 Å². The second kappa shape index (κ2) is 4.53. The Morgan fingerprint density at radius 3 is 2.80 bits per heavy atom. The molecule has 0 aliphatic carbocycles. The molecule has 1 fully saturated rings. The Kier molecular flexibility index (Phi) is 3.11. The van der Waals surface area contributed by atoms with Gasteiger partial charge in [-0.15, -0.1) is 0 Å². The zero-order chi connectivity index (χ0) is 10.7. The predicted molar refractivity (Wildman–Crippen MR) is 60.3 cm³/mol. The standard InChI is InChI=1S/C10H12N2O2S/c13-9-8(2-1-3-11-9)10(14)12-4-6-15-7-5-12/h1-3H,4-7H2,(H,11,13). The Balaban J connectivity index is 2.20. The minimum Gasteiger partial charge on any atom is -0.337 e. The monoisotopic (exact) mass is 224 g/mol. The minimum absolute atomic E-state index is 0.155. The molecular weight excluding hydrogens is 212 g/mol. The molecule has 1 aliphatic rings. The van der Waals surface area contributed by atoms with Gasteiger partial charge in [0.15, 0.2) is 0 Å². The van der Waals surface area contributed by atoms with Crippen LogP contribution in [0.2, 0.25) is 0 Å². The summed E-state index contributed by atoms with van der Waals surface area (Å²) >= 11 is 1.84. The molecule has 15 heavy (non-hydrogen) atoms. The summed E-state index contributed by atoms with van der Waals surface area (Å²) in [6.45, 7) is 1.47. The summed E-state index contributed by atoms with van der Waals surface area (Å²) in [5, 5.41) is 0. The van der Waals surface area contributed by atoms with Gasteiger partial charge in [-0.2, -0.15) is 11.8 Å². The van der Waals surface area contributed by atoms with E-state index in [9.17, 15) is 9.59 Å². The largest absolute Gasteiger partial charge is 0.337 e. The van der Waals surface area contributed by atoms with Gasteiger partial charge in [-0.1, -0.05) is 0 Å². The molecule has 0 bridgehead atoms. The summed E-state index contributed by atoms with van der Waals surface area (Å²) < 4.78 is 0. The predicted octanol–water partition coefficient (Wildman–Crippen LogP) is 0.564. The fraction of sp³-hybridized carbons (Fsp3) is 0.400. The van der Waals surface area contributed by atoms with E-state index in [1.165, 1.54) is 6.20 Å². The molecule has 1 saturated heterocycles. The molecule has 0 saturated carbocycles. The zero-order valence-corrected chi connectivity index (χ0v) is 9.05. The summed E-state index contributed by atoms with van der Waals surface area (Å²) in [7, 11) is 0. The molecule has 4 nitrogen and oxygen atoms in total. The number of pyridine rings is 1. The maximum absolute atomic E-state index is 11.9. The minimum atomic E-state index is -0.305. The fourth-order valence-corrected chi connectivity index (χ4v) is 2.43. The highest BCUT2D eigenvalue weighted by Gasteiger charge is 2.20. The lowest BCUT2D eigenvalue weighted by molar-refractivity contribution is 0.0770. The second-order valence-corrected chi connectivity index (χ2v) is 4.54. The lowest BCUT2D eigenvalue weighted by Crippen LogP contribution is -2.40. The van der Waals surface area contributed by atoms with Gasteiger partial charge in [0.05, 0.1) is 0 Å². The van der Waals surface area contributed by atoms with Crippen molar-refractivity contribution in [2.75, 3.05) is 24.6 Å². The molecule has 0 radical (unpaired) electrons. The molecule has 0 atom stereocenters. The average Bonchev–Trinajstić information content (AvgIpc) is 2.30. The Bertz CT molecular complexity index is 410. The summed E-state index contributed by atoms with van der Waals surface area (Å²) in [5.74, 6) is 1.75. The molecule has 2 rings (SSSR count). The number of carbonyl (C=O) groups is 1. The third kappa shape index (κ3) is 2.23. The van der Waals surface area contributed by atoms with Crippen molar-refractivity contribution in [2.45, 2.75) is 0 Å². The van der Waals surface area contributed by atoms with E-state index in [0.29, 0.717) is 0 Å². The Morgan fingerprint density at radius 1 is 1.40 bits per heavy atom.